The van der Waals surface area contributed by atoms with Crippen molar-refractivity contribution < 1.29 is 9.53 Å². The van der Waals surface area contributed by atoms with Crippen molar-refractivity contribution >= 4 is 29.2 Å². The van der Waals surface area contributed by atoms with Crippen molar-refractivity contribution in [2.45, 2.75) is 73.1 Å². The molecule has 0 spiro atoms. The van der Waals surface area contributed by atoms with Crippen molar-refractivity contribution in [1.29, 1.82) is 0 Å². The number of carbonyl (C=O) groups is 1. The highest BCUT2D eigenvalue weighted by molar-refractivity contribution is 6.55. The van der Waals surface area contributed by atoms with Crippen molar-refractivity contribution in [3.8, 4) is 5.75 Å². The molecule has 0 bridgehead atoms. The van der Waals surface area contributed by atoms with E-state index in [1.807, 2.05) is 13.8 Å². The van der Waals surface area contributed by atoms with Gasteiger partial charge in [-0.2, -0.15) is 0 Å². The van der Waals surface area contributed by atoms with Crippen LogP contribution in [0.25, 0.3) is 0 Å². The smallest absolute Gasteiger partial charge is 0.315 e. The van der Waals surface area contributed by atoms with Gasteiger partial charge in [-0.25, -0.2) is 0 Å². The molecule has 150 valence electrons. The highest BCUT2D eigenvalue weighted by Gasteiger charge is 2.62. The molecule has 1 aliphatic rings. The van der Waals surface area contributed by atoms with Crippen molar-refractivity contribution in [2.75, 3.05) is 0 Å². The van der Waals surface area contributed by atoms with Gasteiger partial charge in [0, 0.05) is 11.1 Å². The number of esters is 1. The van der Waals surface area contributed by atoms with Gasteiger partial charge in [0.15, 0.2) is 0 Å². The molecule has 2 nitrogen and oxygen atoms in total. The van der Waals surface area contributed by atoms with E-state index >= 15 is 0 Å². The number of hydrogen-bond donors (Lipinski definition) is 0. The fraction of sp³-hybridized carbons (Fsp3) is 0.609. The van der Waals surface area contributed by atoms with E-state index in [1.165, 1.54) is 5.56 Å². The minimum Gasteiger partial charge on any atom is -0.426 e. The summed E-state index contributed by atoms with van der Waals surface area (Å²) in [5.41, 5.74) is 2.80. The topological polar surface area (TPSA) is 26.3 Å². The van der Waals surface area contributed by atoms with Gasteiger partial charge in [-0.1, -0.05) is 96.3 Å². The van der Waals surface area contributed by atoms with E-state index in [1.54, 1.807) is 6.08 Å². The van der Waals surface area contributed by atoms with Gasteiger partial charge in [0.2, 0.25) is 0 Å². The number of hydrogen-bond acceptors (Lipinski definition) is 2. The maximum atomic E-state index is 13.1. The minimum absolute atomic E-state index is 0.00313. The first-order chi connectivity index (χ1) is 12.1. The number of aryl methyl sites for hydroxylation is 1. The largest absolute Gasteiger partial charge is 0.426 e. The molecular formula is C23H32Cl2O2. The Morgan fingerprint density at radius 3 is 1.85 bits per heavy atom. The molecule has 2 unspecified atom stereocenters. The molecule has 0 aromatic heterocycles. The van der Waals surface area contributed by atoms with E-state index in [0.717, 1.165) is 11.1 Å². The molecule has 1 aromatic rings. The summed E-state index contributed by atoms with van der Waals surface area (Å²) in [4.78, 5) is 13.1. The normalized spacial score (nSPS) is 21.6. The highest BCUT2D eigenvalue weighted by Crippen LogP contribution is 2.60. The van der Waals surface area contributed by atoms with Crippen LogP contribution < -0.4 is 4.74 Å². The molecule has 0 radical (unpaired) electrons. The lowest BCUT2D eigenvalue weighted by Crippen LogP contribution is -2.23. The Kier molecular flexibility index (Phi) is 5.88. The predicted molar refractivity (Wildman–Crippen MR) is 115 cm³/mol. The third-order valence-electron chi connectivity index (χ3n) is 5.52. The van der Waals surface area contributed by atoms with Crippen molar-refractivity contribution in [3.63, 3.8) is 0 Å². The van der Waals surface area contributed by atoms with E-state index in [4.69, 9.17) is 27.9 Å². The summed E-state index contributed by atoms with van der Waals surface area (Å²) >= 11 is 11.7. The Bertz CT molecular complexity index is 738. The van der Waals surface area contributed by atoms with Crippen molar-refractivity contribution in [1.82, 2.24) is 0 Å². The maximum absolute atomic E-state index is 13.1. The van der Waals surface area contributed by atoms with E-state index in [0.29, 0.717) is 5.75 Å². The molecule has 4 heteroatoms. The lowest BCUT2D eigenvalue weighted by atomic mass is 9.78. The summed E-state index contributed by atoms with van der Waals surface area (Å²) in [6, 6.07) is 4.26. The van der Waals surface area contributed by atoms with E-state index in [2.05, 4.69) is 60.6 Å². The van der Waals surface area contributed by atoms with E-state index in [-0.39, 0.29) is 38.5 Å². The van der Waals surface area contributed by atoms with Gasteiger partial charge in [-0.05, 0) is 35.2 Å². The van der Waals surface area contributed by atoms with E-state index in [9.17, 15) is 4.79 Å². The van der Waals surface area contributed by atoms with Gasteiger partial charge >= 0.3 is 5.97 Å². The average molecular weight is 411 g/mol. The Balaban J connectivity index is 2.49. The van der Waals surface area contributed by atoms with Crippen molar-refractivity contribution in [3.05, 3.63) is 39.4 Å². The van der Waals surface area contributed by atoms with Gasteiger partial charge in [0.05, 0.1) is 5.92 Å². The van der Waals surface area contributed by atoms with Gasteiger partial charge in [-0.3, -0.25) is 4.79 Å². The summed E-state index contributed by atoms with van der Waals surface area (Å²) in [6.45, 7) is 19.0. The molecular weight excluding hydrogens is 379 g/mol. The van der Waals surface area contributed by atoms with Crippen LogP contribution in [-0.2, 0) is 15.6 Å². The van der Waals surface area contributed by atoms with Crippen LogP contribution in [0.2, 0.25) is 0 Å². The second-order valence-corrected chi connectivity index (χ2v) is 11.4. The number of allylic oxidation sites excluding steroid dienone is 1. The number of rotatable bonds is 3. The lowest BCUT2D eigenvalue weighted by Gasteiger charge is -2.30. The van der Waals surface area contributed by atoms with Crippen LogP contribution >= 0.6 is 23.2 Å². The Morgan fingerprint density at radius 1 is 1.04 bits per heavy atom. The van der Waals surface area contributed by atoms with Crippen LogP contribution in [0.4, 0.5) is 0 Å². The number of carbonyl (C=O) groups excluding carboxylic acids is 1. The van der Waals surface area contributed by atoms with Crippen LogP contribution in [0.1, 0.15) is 72.1 Å². The van der Waals surface area contributed by atoms with Gasteiger partial charge in [0.25, 0.3) is 0 Å². The zero-order valence-corrected chi connectivity index (χ0v) is 19.5. The Labute approximate surface area is 174 Å². The maximum Gasteiger partial charge on any atom is 0.315 e. The Morgan fingerprint density at radius 2 is 1.48 bits per heavy atom. The van der Waals surface area contributed by atoms with Gasteiger partial charge in [-0.15, -0.1) is 0 Å². The molecule has 1 aromatic carbocycles. The number of ether oxygens (including phenoxy) is 1. The second kappa shape index (κ2) is 7.12. The molecule has 0 N–H and O–H groups in total. The third kappa shape index (κ3) is 4.71. The minimum atomic E-state index is -0.244. The summed E-state index contributed by atoms with van der Waals surface area (Å²) < 4.78 is 6.30. The average Bonchev–Trinajstić information content (AvgIpc) is 2.98. The van der Waals surface area contributed by atoms with Crippen LogP contribution in [0.3, 0.4) is 0 Å². The fourth-order valence-corrected chi connectivity index (χ4v) is 4.01. The van der Waals surface area contributed by atoms with Crippen LogP contribution in [-0.4, -0.2) is 5.97 Å². The number of halogens is 2. The highest BCUT2D eigenvalue weighted by atomic mass is 35.5. The molecule has 1 saturated carbocycles. The molecule has 0 saturated heterocycles. The number of benzene rings is 1. The monoisotopic (exact) mass is 410 g/mol. The molecule has 2 rings (SSSR count). The van der Waals surface area contributed by atoms with E-state index < -0.39 is 0 Å². The summed E-state index contributed by atoms with van der Waals surface area (Å²) in [5.74, 6) is 0.243. The Hall–Kier alpha value is -0.990. The standard InChI is InChI=1S/C23H32Cl2O2/c1-13-10-15(21(2,3)4)19(16(11-13)22(5,6)7)27-20(26)18-14(12-17(24)25)23(18,8)9/h10-12,14,18H,1-9H3. The molecule has 2 atom stereocenters. The molecule has 0 heterocycles. The molecule has 27 heavy (non-hydrogen) atoms. The summed E-state index contributed by atoms with van der Waals surface area (Å²) in [5, 5.41) is 0. The first-order valence-electron chi connectivity index (χ1n) is 9.47. The predicted octanol–water partition coefficient (Wildman–Crippen LogP) is 7.09. The van der Waals surface area contributed by atoms with Crippen LogP contribution in [0.5, 0.6) is 5.75 Å². The zero-order chi connectivity index (χ0) is 20.9. The summed E-state index contributed by atoms with van der Waals surface area (Å²) in [6.07, 6.45) is 1.75. The molecule has 0 amide bonds. The third-order valence-corrected chi connectivity index (χ3v) is 5.77. The first-order valence-corrected chi connectivity index (χ1v) is 10.2. The van der Waals surface area contributed by atoms with Crippen LogP contribution in [0.15, 0.2) is 22.7 Å². The molecule has 1 aliphatic carbocycles. The SMILES string of the molecule is Cc1cc(C(C)(C)C)c(OC(=O)C2C(C=C(Cl)Cl)C2(C)C)c(C(C)(C)C)c1. The molecule has 0 aliphatic heterocycles. The van der Waals surface area contributed by atoms with Gasteiger partial charge < -0.3 is 4.74 Å². The summed E-state index contributed by atoms with van der Waals surface area (Å²) in [7, 11) is 0. The van der Waals surface area contributed by atoms with Gasteiger partial charge in [0.1, 0.15) is 10.2 Å². The molecule has 1 fully saturated rings. The first kappa shape index (κ1) is 22.3. The fourth-order valence-electron chi connectivity index (χ4n) is 3.74. The van der Waals surface area contributed by atoms with Crippen molar-refractivity contribution in [2.24, 2.45) is 17.3 Å². The quantitative estimate of drug-likeness (QED) is 0.392. The second-order valence-electron chi connectivity index (χ2n) is 10.4. The van der Waals surface area contributed by atoms with Crippen LogP contribution in [0, 0.1) is 24.2 Å². The zero-order valence-electron chi connectivity index (χ0n) is 18.0. The lowest BCUT2D eigenvalue weighted by molar-refractivity contribution is -0.136.